The van der Waals surface area contributed by atoms with Crippen molar-refractivity contribution in [2.24, 2.45) is 0 Å². The van der Waals surface area contributed by atoms with Crippen molar-refractivity contribution >= 4 is 11.9 Å². The van der Waals surface area contributed by atoms with Gasteiger partial charge in [0.15, 0.2) is 11.9 Å². The Labute approximate surface area is 158 Å². The zero-order valence-electron chi connectivity index (χ0n) is 14.8. The molecule has 0 radical (unpaired) electrons. The van der Waals surface area contributed by atoms with Gasteiger partial charge >= 0.3 is 5.97 Å². The molecule has 27 heavy (non-hydrogen) atoms. The summed E-state index contributed by atoms with van der Waals surface area (Å²) in [5, 5.41) is 2.72. The normalized spacial score (nSPS) is 10.6. The Morgan fingerprint density at radius 3 is 2.07 bits per heavy atom. The van der Waals surface area contributed by atoms with Gasteiger partial charge in [-0.1, -0.05) is 60.7 Å². The van der Waals surface area contributed by atoms with Gasteiger partial charge in [0.2, 0.25) is 0 Å². The third-order valence-electron chi connectivity index (χ3n) is 4.04. The molecule has 1 heterocycles. The van der Waals surface area contributed by atoms with Crippen molar-refractivity contribution in [2.45, 2.75) is 18.9 Å². The summed E-state index contributed by atoms with van der Waals surface area (Å²) >= 11 is 0. The van der Waals surface area contributed by atoms with Gasteiger partial charge in [-0.2, -0.15) is 0 Å². The Hall–Kier alpha value is -3.34. The van der Waals surface area contributed by atoms with Crippen LogP contribution in [-0.4, -0.2) is 18.4 Å². The Balaban J connectivity index is 1.53. The van der Waals surface area contributed by atoms with E-state index in [1.54, 1.807) is 12.1 Å². The van der Waals surface area contributed by atoms with E-state index in [1.165, 1.54) is 6.26 Å². The van der Waals surface area contributed by atoms with Crippen molar-refractivity contribution in [3.05, 3.63) is 95.9 Å². The number of carbonyl (C=O) groups is 2. The molecule has 0 unspecified atom stereocenters. The minimum Gasteiger partial charge on any atom is -0.459 e. The first-order chi connectivity index (χ1) is 13.2. The monoisotopic (exact) mass is 363 g/mol. The van der Waals surface area contributed by atoms with Crippen molar-refractivity contribution < 1.29 is 18.7 Å². The molecule has 5 heteroatoms. The lowest BCUT2D eigenvalue weighted by atomic mass is 10.0. The summed E-state index contributed by atoms with van der Waals surface area (Å²) in [6.07, 6.45) is 1.70. The number of esters is 1. The van der Waals surface area contributed by atoms with E-state index in [4.69, 9.17) is 9.15 Å². The standard InChI is InChI=1S/C22H21NO4/c24-20(14-7-15-23-22(25)19-13-8-16-26-19)27-21(17-9-3-1-4-10-17)18-11-5-2-6-12-18/h1-6,8-13,16,21H,7,14-15H2,(H,23,25). The lowest BCUT2D eigenvalue weighted by Gasteiger charge is -2.19. The number of carbonyl (C=O) groups excluding carboxylic acids is 2. The van der Waals surface area contributed by atoms with Gasteiger partial charge in [-0.05, 0) is 29.7 Å². The number of hydrogen-bond donors (Lipinski definition) is 1. The van der Waals surface area contributed by atoms with Crippen molar-refractivity contribution in [3.63, 3.8) is 0 Å². The van der Waals surface area contributed by atoms with Gasteiger partial charge in [-0.3, -0.25) is 9.59 Å². The molecule has 0 aliphatic carbocycles. The maximum absolute atomic E-state index is 12.3. The van der Waals surface area contributed by atoms with E-state index in [0.717, 1.165) is 11.1 Å². The summed E-state index contributed by atoms with van der Waals surface area (Å²) in [5.74, 6) is -0.342. The van der Waals surface area contributed by atoms with Crippen LogP contribution in [-0.2, 0) is 9.53 Å². The van der Waals surface area contributed by atoms with Crippen LogP contribution in [0.4, 0.5) is 0 Å². The second-order valence-corrected chi connectivity index (χ2v) is 6.03. The molecule has 0 saturated heterocycles. The zero-order valence-corrected chi connectivity index (χ0v) is 14.8. The van der Waals surface area contributed by atoms with Crippen molar-refractivity contribution in [2.75, 3.05) is 6.54 Å². The Bertz CT molecular complexity index is 805. The van der Waals surface area contributed by atoms with Gasteiger partial charge in [0.1, 0.15) is 0 Å². The SMILES string of the molecule is O=C(CCCNC(=O)c1ccco1)OC(c1ccccc1)c1ccccc1. The number of nitrogens with one attached hydrogen (secondary N) is 1. The molecule has 3 rings (SSSR count). The zero-order chi connectivity index (χ0) is 18.9. The first kappa shape index (κ1) is 18.5. The van der Waals surface area contributed by atoms with Crippen LogP contribution in [0.3, 0.4) is 0 Å². The second kappa shape index (κ2) is 9.38. The van der Waals surface area contributed by atoms with Crippen LogP contribution in [0.1, 0.15) is 40.6 Å². The van der Waals surface area contributed by atoms with Crippen LogP contribution in [0, 0.1) is 0 Å². The fourth-order valence-electron chi connectivity index (χ4n) is 2.70. The fraction of sp³-hybridized carbons (Fsp3) is 0.182. The molecule has 0 aliphatic heterocycles. The molecule has 1 amide bonds. The van der Waals surface area contributed by atoms with E-state index in [2.05, 4.69) is 5.32 Å². The molecule has 0 atom stereocenters. The number of amides is 1. The van der Waals surface area contributed by atoms with Gasteiger partial charge < -0.3 is 14.5 Å². The maximum Gasteiger partial charge on any atom is 0.306 e. The lowest BCUT2D eigenvalue weighted by Crippen LogP contribution is -2.24. The number of ether oxygens (including phenoxy) is 1. The predicted molar refractivity (Wildman–Crippen MR) is 101 cm³/mol. The molecule has 0 fully saturated rings. The van der Waals surface area contributed by atoms with Gasteiger partial charge in [-0.15, -0.1) is 0 Å². The minimum atomic E-state index is -0.447. The molecule has 138 valence electrons. The van der Waals surface area contributed by atoms with Gasteiger partial charge in [0.05, 0.1) is 6.26 Å². The fourth-order valence-corrected chi connectivity index (χ4v) is 2.70. The average molecular weight is 363 g/mol. The minimum absolute atomic E-state index is 0.217. The predicted octanol–water partition coefficient (Wildman–Crippen LogP) is 4.12. The molecule has 1 N–H and O–H groups in total. The highest BCUT2D eigenvalue weighted by Crippen LogP contribution is 2.26. The number of rotatable bonds is 8. The van der Waals surface area contributed by atoms with Crippen LogP contribution in [0.25, 0.3) is 0 Å². The van der Waals surface area contributed by atoms with Crippen LogP contribution in [0.5, 0.6) is 0 Å². The van der Waals surface area contributed by atoms with E-state index in [-0.39, 0.29) is 24.1 Å². The number of benzene rings is 2. The topological polar surface area (TPSA) is 68.5 Å². The molecule has 3 aromatic rings. The molecule has 2 aromatic carbocycles. The highest BCUT2D eigenvalue weighted by Gasteiger charge is 2.18. The summed E-state index contributed by atoms with van der Waals surface area (Å²) in [5.41, 5.74) is 1.84. The van der Waals surface area contributed by atoms with Gasteiger partial charge in [0, 0.05) is 13.0 Å². The van der Waals surface area contributed by atoms with E-state index in [1.807, 2.05) is 60.7 Å². The molecular formula is C22H21NO4. The van der Waals surface area contributed by atoms with Crippen LogP contribution >= 0.6 is 0 Å². The Kier molecular flexibility index (Phi) is 6.41. The van der Waals surface area contributed by atoms with Crippen molar-refractivity contribution in [3.8, 4) is 0 Å². The summed E-state index contributed by atoms with van der Waals surface area (Å²) in [6.45, 7) is 0.371. The molecule has 0 spiro atoms. The summed E-state index contributed by atoms with van der Waals surface area (Å²) in [7, 11) is 0. The second-order valence-electron chi connectivity index (χ2n) is 6.03. The molecule has 0 aliphatic rings. The molecule has 0 saturated carbocycles. The van der Waals surface area contributed by atoms with E-state index < -0.39 is 6.10 Å². The van der Waals surface area contributed by atoms with Crippen molar-refractivity contribution in [1.82, 2.24) is 5.32 Å². The number of hydrogen-bond acceptors (Lipinski definition) is 4. The summed E-state index contributed by atoms with van der Waals surface area (Å²) < 4.78 is 10.8. The van der Waals surface area contributed by atoms with Gasteiger partial charge in [-0.25, -0.2) is 0 Å². The quantitative estimate of drug-likeness (QED) is 0.483. The summed E-state index contributed by atoms with van der Waals surface area (Å²) in [4.78, 5) is 24.1. The highest BCUT2D eigenvalue weighted by atomic mass is 16.5. The third-order valence-corrected chi connectivity index (χ3v) is 4.04. The largest absolute Gasteiger partial charge is 0.459 e. The van der Waals surface area contributed by atoms with Gasteiger partial charge in [0.25, 0.3) is 5.91 Å². The van der Waals surface area contributed by atoms with E-state index in [9.17, 15) is 9.59 Å². The van der Waals surface area contributed by atoms with Crippen LogP contribution in [0.2, 0.25) is 0 Å². The first-order valence-corrected chi connectivity index (χ1v) is 8.85. The highest BCUT2D eigenvalue weighted by molar-refractivity contribution is 5.91. The Morgan fingerprint density at radius 1 is 0.889 bits per heavy atom. The molecule has 5 nitrogen and oxygen atoms in total. The smallest absolute Gasteiger partial charge is 0.306 e. The summed E-state index contributed by atoms with van der Waals surface area (Å²) in [6, 6.07) is 22.5. The molecule has 0 bridgehead atoms. The third kappa shape index (κ3) is 5.31. The van der Waals surface area contributed by atoms with E-state index in [0.29, 0.717) is 13.0 Å². The Morgan fingerprint density at radius 2 is 1.52 bits per heavy atom. The first-order valence-electron chi connectivity index (χ1n) is 8.85. The van der Waals surface area contributed by atoms with E-state index >= 15 is 0 Å². The van der Waals surface area contributed by atoms with Crippen LogP contribution < -0.4 is 5.32 Å². The maximum atomic E-state index is 12.3. The van der Waals surface area contributed by atoms with Crippen molar-refractivity contribution in [1.29, 1.82) is 0 Å². The molecule has 1 aromatic heterocycles. The van der Waals surface area contributed by atoms with Crippen LogP contribution in [0.15, 0.2) is 83.5 Å². The molecular weight excluding hydrogens is 342 g/mol. The number of furan rings is 1. The lowest BCUT2D eigenvalue weighted by molar-refractivity contribution is -0.147. The average Bonchev–Trinajstić information content (AvgIpc) is 3.25.